The number of hydrogen-bond acceptors (Lipinski definition) is 6. The fraction of sp³-hybridized carbons (Fsp3) is 0.896. The summed E-state index contributed by atoms with van der Waals surface area (Å²) in [5.41, 5.74) is 0.776. The summed E-state index contributed by atoms with van der Waals surface area (Å²) in [4.78, 5) is 0. The minimum absolute atomic E-state index is 0. The van der Waals surface area contributed by atoms with Gasteiger partial charge in [0.1, 0.15) is 0 Å². The monoisotopic (exact) mass is 2300 g/mol. The third-order valence-corrected chi connectivity index (χ3v) is 32.4. The predicted octanol–water partition coefficient (Wildman–Crippen LogP) is 43.4. The van der Waals surface area contributed by atoms with Crippen LogP contribution in [0.2, 0.25) is 0 Å². The Morgan fingerprint density at radius 1 is 0.236 bits per heavy atom. The second-order valence-electron chi connectivity index (χ2n) is 42.1. The molecule has 12 aliphatic rings. The quantitative estimate of drug-likeness (QED) is 0.130. The van der Waals surface area contributed by atoms with Gasteiger partial charge in [0.05, 0.1) is 0 Å². The molecule has 1 atom stereocenters. The first-order valence-electron chi connectivity index (χ1n) is 50.2. The van der Waals surface area contributed by atoms with Crippen LogP contribution in [-0.2, 0) is 118 Å². The second-order valence-corrected chi connectivity index (χ2v) is 44.9. The minimum Gasteiger partial charge on any atom is -0.358 e. The summed E-state index contributed by atoms with van der Waals surface area (Å²) < 4.78 is 24.9. The van der Waals surface area contributed by atoms with Gasteiger partial charge in [-0.25, -0.2) is 0 Å². The first kappa shape index (κ1) is 172. The zero-order valence-corrected chi connectivity index (χ0v) is 108. The van der Waals surface area contributed by atoms with E-state index in [0.29, 0.717) is 18.0 Å². The van der Waals surface area contributed by atoms with Crippen molar-refractivity contribution in [3.8, 4) is 0 Å². The first-order valence-corrected chi connectivity index (χ1v) is 55.6. The Kier molecular flexibility index (Phi) is 162. The predicted molar refractivity (Wildman–Crippen MR) is 574 cm³/mol. The van der Waals surface area contributed by atoms with Crippen molar-refractivity contribution in [2.75, 3.05) is 0 Å². The molecule has 0 radical (unpaired) electrons. The van der Waals surface area contributed by atoms with Gasteiger partial charge in [0.15, 0.2) is 0 Å². The van der Waals surface area contributed by atoms with Gasteiger partial charge < -0.3 is 89.1 Å². The maximum absolute atomic E-state index is 4.23. The second kappa shape index (κ2) is 119. The van der Waals surface area contributed by atoms with Gasteiger partial charge in [0.2, 0.25) is 0 Å². The van der Waals surface area contributed by atoms with Gasteiger partial charge in [0, 0.05) is 0 Å². The molecule has 0 amide bonds. The van der Waals surface area contributed by atoms with Crippen LogP contribution >= 0.6 is 0 Å². The molecule has 12 heteroatoms. The summed E-state index contributed by atoms with van der Waals surface area (Å²) in [5, 5.41) is 0. The van der Waals surface area contributed by atoms with Crippen molar-refractivity contribution in [2.45, 2.75) is 588 Å². The van der Waals surface area contributed by atoms with Crippen LogP contribution in [-0.4, -0.2) is 34.2 Å². The van der Waals surface area contributed by atoms with Gasteiger partial charge in [-0.3, -0.25) is 0 Å². The number of hydrogen-bond donors (Lipinski definition) is 0. The van der Waals surface area contributed by atoms with Crippen molar-refractivity contribution in [3.63, 3.8) is 0 Å². The van der Waals surface area contributed by atoms with Crippen LogP contribution in [0.1, 0.15) is 554 Å². The molecule has 12 rings (SSSR count). The fourth-order valence-electron chi connectivity index (χ4n) is 15.3. The molecule has 0 aliphatic heterocycles. The topological polar surface area (TPSA) is 74.2 Å². The van der Waals surface area contributed by atoms with E-state index in [1.165, 1.54) is 347 Å². The van der Waals surface area contributed by atoms with Gasteiger partial charge in [0.25, 0.3) is 0 Å². The van der Waals surface area contributed by atoms with E-state index in [2.05, 4.69) is 222 Å². The summed E-state index contributed by atoms with van der Waals surface area (Å²) in [6.45, 7) is 64.6. The van der Waals surface area contributed by atoms with E-state index in [1.54, 1.807) is 39.3 Å². The molecule has 0 heterocycles. The van der Waals surface area contributed by atoms with Gasteiger partial charge in [-0.15, -0.1) is 0 Å². The molecule has 6 nitrogen and oxygen atoms in total. The Balaban J connectivity index is -0.0000000616. The average molecular weight is 2290 g/mol. The van der Waals surface area contributed by atoms with Crippen molar-refractivity contribution in [3.05, 3.63) is 89.1 Å². The van der Waals surface area contributed by atoms with E-state index in [9.17, 15) is 0 Å². The molecule has 1 unspecified atom stereocenters. The molecule has 12 saturated carbocycles. The third-order valence-electron chi connectivity index (χ3n) is 25.8. The molecule has 0 aromatic carbocycles. The normalized spacial score (nSPS) is 18.4. The zero-order chi connectivity index (χ0) is 88.8. The molecule has 12 aliphatic carbocycles. The van der Waals surface area contributed by atoms with Crippen LogP contribution in [0, 0.1) is 166 Å². The number of nitrogens with zero attached hydrogens (tertiary/aromatic N) is 6. The van der Waals surface area contributed by atoms with Gasteiger partial charge in [-0.1, -0.05) is 391 Å². The van der Waals surface area contributed by atoms with E-state index in [-0.39, 0.29) is 111 Å². The van der Waals surface area contributed by atoms with Crippen molar-refractivity contribution in [2.24, 2.45) is 97.9 Å². The maximum atomic E-state index is 4.23. The SMILES string of the molecule is CC(C)(C)[N]=[Mo].CC(C)C(C)(C)[N]=[Mo].CC1CCCC1.CC1CCCC1.CC1CCCC1.CC1CCCC1.CC1CCCC1.CC1CCCC1.CC1CCCC1.CC1CCCC1.CC1CCCC1.CC1CCCC1.CC1CCCC1.CC1CCCC1.CCC(C)(C)[N]=[Mo].CCC(CC)[N]=[Mo].CCCC(C)(C)[N]=[Mo].CCCC(C)[N]=[Mo].[CH3-].[CH3-].[CH3-].[CH3-].[CH3-].[CH3-].[CH3-].[CH3-].[CH3-].[CH3-].[CH3-].[CH3-]. The molecule has 0 bridgehead atoms. The van der Waals surface area contributed by atoms with Crippen LogP contribution in [0.15, 0.2) is 21.0 Å². The summed E-state index contributed by atoms with van der Waals surface area (Å²) in [7, 11) is 0. The van der Waals surface area contributed by atoms with Crippen LogP contribution < -0.4 is 0 Å². The molecule has 0 spiro atoms. The van der Waals surface area contributed by atoms with Crippen molar-refractivity contribution in [1.29, 1.82) is 0 Å². The molecule has 127 heavy (non-hydrogen) atoms. The Labute approximate surface area is 884 Å². The maximum Gasteiger partial charge on any atom is -0.358 e. The molecular weight excluding hydrogens is 2040 g/mol. The standard InChI is InChI=1S/2C6H13N.12C6H12.3C5H11N.C4H9N.12CH3.6Mo/c1-5(2)6(3,4)7;1-4-5-6(2,3)7;12*1-6-4-2-3-5-6;1-4-5(2,3)6;1-3-4-5(2)6;1-3-5(6)4-2;1-4(2,3)5;;;;;;;;;;;;;;;;;;/h5H,1-4H3;4-5H2,1-3H3;12*6H,2-5H2,1H3;4H2,1-3H3;2*5H,3-4H2,1-2H3;1-3H3;12*1H3;;;;;;/q;;;;;;;;;;;;;;;;;;12*-1;;;;;;. The fourth-order valence-corrected chi connectivity index (χ4v) is 17.3. The van der Waals surface area contributed by atoms with Gasteiger partial charge >= 0.3 is 342 Å². The van der Waals surface area contributed by atoms with Crippen molar-refractivity contribution < 1.29 is 118 Å². The molecule has 0 saturated heterocycles. The molecule has 0 aromatic heterocycles. The largest absolute Gasteiger partial charge is 0.358 e. The summed E-state index contributed by atoms with van der Waals surface area (Å²) in [6.07, 6.45) is 79.8. The van der Waals surface area contributed by atoms with E-state index in [4.69, 9.17) is 0 Å². The molecule has 0 aromatic rings. The van der Waals surface area contributed by atoms with E-state index >= 15 is 0 Å². The van der Waals surface area contributed by atoms with Gasteiger partial charge in [-0.05, 0) is 71.0 Å². The Morgan fingerprint density at radius 2 is 0.394 bits per heavy atom. The van der Waals surface area contributed by atoms with Crippen molar-refractivity contribution in [1.82, 2.24) is 0 Å². The Hall–Kier alpha value is 2.93. The average Bonchev–Trinajstić information content (AvgIpc) is 1.80. The van der Waals surface area contributed by atoms with Crippen LogP contribution in [0.25, 0.3) is 0 Å². The zero-order valence-electron chi connectivity index (χ0n) is 95.7. The Morgan fingerprint density at radius 3 is 0.417 bits per heavy atom. The molecular formula is C115H248Mo6N6-12. The summed E-state index contributed by atoms with van der Waals surface area (Å²) in [6, 6.07) is 1.19. The van der Waals surface area contributed by atoms with Gasteiger partial charge in [-0.2, -0.15) is 0 Å². The summed E-state index contributed by atoms with van der Waals surface area (Å²) >= 11 is 10.8. The van der Waals surface area contributed by atoms with E-state index in [0.717, 1.165) is 77.4 Å². The molecule has 0 N–H and O–H groups in total. The van der Waals surface area contributed by atoms with Crippen molar-refractivity contribution >= 4 is 0 Å². The van der Waals surface area contributed by atoms with Crippen LogP contribution in [0.4, 0.5) is 0 Å². The first-order chi connectivity index (χ1) is 54.2. The summed E-state index contributed by atoms with van der Waals surface area (Å²) in [5.74, 6) is 13.2. The van der Waals surface area contributed by atoms with Crippen LogP contribution in [0.5, 0.6) is 0 Å². The smallest absolute Gasteiger partial charge is 0.358 e. The molecule has 786 valence electrons. The third kappa shape index (κ3) is 137. The number of rotatable bonds is 13. The van der Waals surface area contributed by atoms with E-state index < -0.39 is 0 Å². The van der Waals surface area contributed by atoms with E-state index in [1.807, 2.05) is 78.5 Å². The molecule has 12 fully saturated rings. The minimum atomic E-state index is 0. The Bertz CT molecular complexity index is 1690. The van der Waals surface area contributed by atoms with Crippen LogP contribution in [0.3, 0.4) is 0 Å².